The zero-order valence-corrected chi connectivity index (χ0v) is 13.5. The van der Waals surface area contributed by atoms with E-state index in [1.165, 1.54) is 0 Å². The molecule has 0 saturated heterocycles. The first-order valence-corrected chi connectivity index (χ1v) is 7.66. The molecule has 2 aromatic carbocycles. The minimum atomic E-state index is 0.181. The lowest BCUT2D eigenvalue weighted by molar-refractivity contribution is 0.319. The van der Waals surface area contributed by atoms with Gasteiger partial charge in [-0.05, 0) is 49.8 Å². The number of phenolic OH excluding ortho intramolecular Hbond substituents is 1. The summed E-state index contributed by atoms with van der Waals surface area (Å²) in [6.07, 6.45) is 2.00. The van der Waals surface area contributed by atoms with Crippen LogP contribution in [0.3, 0.4) is 0 Å². The fourth-order valence-corrected chi connectivity index (χ4v) is 2.65. The summed E-state index contributed by atoms with van der Waals surface area (Å²) in [4.78, 5) is 3.38. The third kappa shape index (κ3) is 2.84. The minimum Gasteiger partial charge on any atom is -0.508 e. The molecule has 0 bridgehead atoms. The largest absolute Gasteiger partial charge is 0.508 e. The number of hydrogen-bond donors (Lipinski definition) is 4. The van der Waals surface area contributed by atoms with Crippen LogP contribution in [0.4, 0.5) is 5.69 Å². The summed E-state index contributed by atoms with van der Waals surface area (Å²) in [5, 5.41) is 26.5. The molecule has 4 N–H and O–H groups in total. The van der Waals surface area contributed by atoms with E-state index in [0.717, 1.165) is 33.4 Å². The van der Waals surface area contributed by atoms with Crippen molar-refractivity contribution in [2.24, 2.45) is 5.16 Å². The highest BCUT2D eigenvalue weighted by Crippen LogP contribution is 2.28. The number of aromatic amines is 1. The number of nitrogens with one attached hydrogen (secondary N) is 2. The number of allylic oxidation sites excluding steroid dienone is 2. The molecule has 5 nitrogen and oxygen atoms in total. The molecule has 0 fully saturated rings. The molecule has 24 heavy (non-hydrogen) atoms. The summed E-state index contributed by atoms with van der Waals surface area (Å²) < 4.78 is 0. The number of nitrogens with zero attached hydrogens (tertiary/aromatic N) is 1. The average Bonchev–Trinajstić information content (AvgIpc) is 3.00. The van der Waals surface area contributed by atoms with Crippen LogP contribution in [0, 0.1) is 0 Å². The minimum absolute atomic E-state index is 0.181. The van der Waals surface area contributed by atoms with E-state index in [1.807, 2.05) is 44.2 Å². The van der Waals surface area contributed by atoms with Gasteiger partial charge in [0.1, 0.15) is 5.75 Å². The number of aromatic hydroxyl groups is 1. The molecule has 1 aromatic heterocycles. The number of oxime groups is 1. The zero-order chi connectivity index (χ0) is 17.1. The van der Waals surface area contributed by atoms with E-state index in [-0.39, 0.29) is 5.75 Å². The normalized spacial score (nSPS) is 12.6. The number of para-hydroxylation sites is 1. The van der Waals surface area contributed by atoms with Crippen molar-refractivity contribution in [3.63, 3.8) is 0 Å². The second-order valence-corrected chi connectivity index (χ2v) is 5.51. The zero-order valence-electron chi connectivity index (χ0n) is 13.5. The van der Waals surface area contributed by atoms with Gasteiger partial charge in [-0.15, -0.1) is 0 Å². The number of fused-ring (bicyclic) bond motifs is 1. The maximum absolute atomic E-state index is 9.59. The molecule has 0 unspecified atom stereocenters. The van der Waals surface area contributed by atoms with Gasteiger partial charge in [0, 0.05) is 16.6 Å². The van der Waals surface area contributed by atoms with Crippen molar-refractivity contribution in [3.8, 4) is 5.75 Å². The van der Waals surface area contributed by atoms with E-state index in [9.17, 15) is 10.3 Å². The van der Waals surface area contributed by atoms with E-state index in [1.54, 1.807) is 24.3 Å². The molecule has 5 heteroatoms. The molecule has 3 aromatic rings. The van der Waals surface area contributed by atoms with Crippen LogP contribution in [0.2, 0.25) is 0 Å². The summed E-state index contributed by atoms with van der Waals surface area (Å²) in [6.45, 7) is 3.97. The average molecular weight is 321 g/mol. The molecule has 3 rings (SSSR count). The number of anilines is 1. The predicted molar refractivity (Wildman–Crippen MR) is 97.7 cm³/mol. The lowest BCUT2D eigenvalue weighted by Gasteiger charge is -2.10. The van der Waals surface area contributed by atoms with Gasteiger partial charge in [-0.25, -0.2) is 0 Å². The standard InChI is InChI=1S/C19H19N3O2/c1-3-12(2)18-17(15-6-4-5-7-16(15)21-18)19(22-24)20-13-8-10-14(23)11-9-13/h3-11,21,23-24H,1-2H3,(H,20,22)/b12-3-. The highest BCUT2D eigenvalue weighted by molar-refractivity contribution is 6.18. The lowest BCUT2D eigenvalue weighted by atomic mass is 10.0. The first kappa shape index (κ1) is 15.7. The van der Waals surface area contributed by atoms with Crippen molar-refractivity contribution < 1.29 is 10.3 Å². The number of aromatic nitrogens is 1. The molecule has 0 spiro atoms. The molecule has 0 aliphatic rings. The molecule has 0 aliphatic carbocycles. The summed E-state index contributed by atoms with van der Waals surface area (Å²) in [6, 6.07) is 14.5. The van der Waals surface area contributed by atoms with Crippen molar-refractivity contribution in [1.29, 1.82) is 0 Å². The molecule has 0 amide bonds. The molecular formula is C19H19N3O2. The maximum Gasteiger partial charge on any atom is 0.179 e. The first-order chi connectivity index (χ1) is 11.6. The smallest absolute Gasteiger partial charge is 0.179 e. The number of amidine groups is 1. The van der Waals surface area contributed by atoms with Gasteiger partial charge in [0.15, 0.2) is 5.84 Å². The van der Waals surface area contributed by atoms with Gasteiger partial charge < -0.3 is 20.6 Å². The number of hydrogen-bond acceptors (Lipinski definition) is 3. The first-order valence-electron chi connectivity index (χ1n) is 7.66. The Bertz CT molecular complexity index is 921. The Hall–Kier alpha value is -3.21. The van der Waals surface area contributed by atoms with Gasteiger partial charge in [0.2, 0.25) is 0 Å². The molecule has 0 atom stereocenters. The molecule has 0 radical (unpaired) electrons. The van der Waals surface area contributed by atoms with E-state index in [4.69, 9.17) is 0 Å². The van der Waals surface area contributed by atoms with Crippen molar-refractivity contribution in [2.75, 3.05) is 5.32 Å². The van der Waals surface area contributed by atoms with Gasteiger partial charge in [-0.2, -0.15) is 0 Å². The topological polar surface area (TPSA) is 80.6 Å². The summed E-state index contributed by atoms with van der Waals surface area (Å²) in [7, 11) is 0. The molecule has 0 aliphatic heterocycles. The van der Waals surface area contributed by atoms with E-state index < -0.39 is 0 Å². The Morgan fingerprint density at radius 2 is 1.83 bits per heavy atom. The fourth-order valence-electron chi connectivity index (χ4n) is 2.65. The Morgan fingerprint density at radius 1 is 1.12 bits per heavy atom. The van der Waals surface area contributed by atoms with Gasteiger partial charge in [-0.1, -0.05) is 29.4 Å². The Morgan fingerprint density at radius 3 is 2.50 bits per heavy atom. The second kappa shape index (κ2) is 6.50. The highest BCUT2D eigenvalue weighted by atomic mass is 16.4. The maximum atomic E-state index is 9.59. The third-order valence-electron chi connectivity index (χ3n) is 4.00. The van der Waals surface area contributed by atoms with Crippen LogP contribution in [0.5, 0.6) is 5.75 Å². The van der Waals surface area contributed by atoms with E-state index >= 15 is 0 Å². The van der Waals surface area contributed by atoms with Gasteiger partial charge >= 0.3 is 0 Å². The SMILES string of the molecule is C/C=C(/C)c1[nH]c2ccccc2c1/C(=N/O)Nc1ccc(O)cc1. The highest BCUT2D eigenvalue weighted by Gasteiger charge is 2.18. The molecule has 1 heterocycles. The molecule has 122 valence electrons. The Balaban J connectivity index is 2.13. The number of H-pyrrole nitrogens is 1. The van der Waals surface area contributed by atoms with Crippen LogP contribution >= 0.6 is 0 Å². The molecular weight excluding hydrogens is 302 g/mol. The number of rotatable bonds is 3. The van der Waals surface area contributed by atoms with Crippen LogP contribution < -0.4 is 5.32 Å². The quantitative estimate of drug-likeness (QED) is 0.188. The van der Waals surface area contributed by atoms with Gasteiger partial charge in [0.05, 0.1) is 11.3 Å². The van der Waals surface area contributed by atoms with Crippen molar-refractivity contribution >= 4 is 28.0 Å². The van der Waals surface area contributed by atoms with E-state index in [0.29, 0.717) is 5.84 Å². The van der Waals surface area contributed by atoms with Crippen LogP contribution in [-0.2, 0) is 0 Å². The number of benzene rings is 2. The summed E-state index contributed by atoms with van der Waals surface area (Å²) in [5.74, 6) is 0.523. The van der Waals surface area contributed by atoms with E-state index in [2.05, 4.69) is 15.5 Å². The van der Waals surface area contributed by atoms with Crippen LogP contribution in [0.1, 0.15) is 25.1 Å². The van der Waals surface area contributed by atoms with Crippen molar-refractivity contribution in [3.05, 3.63) is 65.9 Å². The van der Waals surface area contributed by atoms with Crippen molar-refractivity contribution in [1.82, 2.24) is 4.98 Å². The fraction of sp³-hybridized carbons (Fsp3) is 0.105. The van der Waals surface area contributed by atoms with Crippen LogP contribution in [-0.4, -0.2) is 21.1 Å². The lowest BCUT2D eigenvalue weighted by Crippen LogP contribution is -2.15. The second-order valence-electron chi connectivity index (χ2n) is 5.51. The monoisotopic (exact) mass is 321 g/mol. The summed E-state index contributed by atoms with van der Waals surface area (Å²) >= 11 is 0. The Labute approximate surface area is 140 Å². The van der Waals surface area contributed by atoms with Gasteiger partial charge in [-0.3, -0.25) is 0 Å². The summed E-state index contributed by atoms with van der Waals surface area (Å²) in [5.41, 5.74) is 4.44. The van der Waals surface area contributed by atoms with Crippen molar-refractivity contribution in [2.45, 2.75) is 13.8 Å². The molecule has 0 saturated carbocycles. The van der Waals surface area contributed by atoms with Crippen LogP contribution in [0.25, 0.3) is 16.5 Å². The van der Waals surface area contributed by atoms with Crippen LogP contribution in [0.15, 0.2) is 59.8 Å². The number of phenols is 1. The predicted octanol–water partition coefficient (Wildman–Crippen LogP) is 4.54. The third-order valence-corrected chi connectivity index (χ3v) is 4.00. The van der Waals surface area contributed by atoms with Gasteiger partial charge in [0.25, 0.3) is 0 Å². The Kier molecular flexibility index (Phi) is 4.24.